The van der Waals surface area contributed by atoms with E-state index in [2.05, 4.69) is 28.9 Å². The molecule has 1 aliphatic heterocycles. The summed E-state index contributed by atoms with van der Waals surface area (Å²) in [5.74, 6) is 0.0121. The first-order valence-corrected chi connectivity index (χ1v) is 7.96. The number of carbonyl (C=O) groups is 1. The van der Waals surface area contributed by atoms with Gasteiger partial charge in [-0.3, -0.25) is 9.69 Å². The van der Waals surface area contributed by atoms with Gasteiger partial charge >= 0.3 is 0 Å². The van der Waals surface area contributed by atoms with Crippen LogP contribution in [0.1, 0.15) is 23.5 Å². The second kappa shape index (κ2) is 5.57. The average Bonchev–Trinajstić information content (AvgIpc) is 2.84. The zero-order valence-corrected chi connectivity index (χ0v) is 13.1. The Morgan fingerprint density at radius 2 is 2.33 bits per heavy atom. The number of likely N-dealkylation sites (N-methyl/N-ethyl adjacent to an activating group) is 1. The molecular formula is C14H19N5OS. The first kappa shape index (κ1) is 14.2. The maximum Gasteiger partial charge on any atom is 0.266 e. The highest BCUT2D eigenvalue weighted by Crippen LogP contribution is 2.32. The molecular weight excluding hydrogens is 286 g/mol. The minimum Gasteiger partial charge on any atom is -0.397 e. The molecule has 3 rings (SSSR count). The smallest absolute Gasteiger partial charge is 0.266 e. The predicted octanol–water partition coefficient (Wildman–Crippen LogP) is 1.44. The van der Waals surface area contributed by atoms with Crippen molar-refractivity contribution in [2.75, 3.05) is 31.9 Å². The third kappa shape index (κ3) is 2.47. The van der Waals surface area contributed by atoms with Gasteiger partial charge in [-0.05, 0) is 19.5 Å². The van der Waals surface area contributed by atoms with Gasteiger partial charge in [-0.2, -0.15) is 5.10 Å². The van der Waals surface area contributed by atoms with Gasteiger partial charge in [0.2, 0.25) is 0 Å². The molecule has 1 aliphatic rings. The van der Waals surface area contributed by atoms with E-state index < -0.39 is 0 Å². The molecule has 0 aromatic carbocycles. The number of fused-ring (bicyclic) bond motifs is 1. The molecule has 1 fully saturated rings. The van der Waals surface area contributed by atoms with Gasteiger partial charge in [0.1, 0.15) is 9.71 Å². The summed E-state index contributed by atoms with van der Waals surface area (Å²) < 4.78 is 0. The molecule has 0 bridgehead atoms. The maximum absolute atomic E-state index is 12.7. The lowest BCUT2D eigenvalue weighted by atomic mass is 10.1. The number of thiophene rings is 1. The summed E-state index contributed by atoms with van der Waals surface area (Å²) in [7, 11) is 0. The minimum absolute atomic E-state index is 0.0121. The number of nitrogen functional groups attached to an aromatic ring is 1. The maximum atomic E-state index is 12.7. The van der Waals surface area contributed by atoms with Gasteiger partial charge in [0, 0.05) is 31.1 Å². The number of nitrogens with two attached hydrogens (primary N) is 1. The van der Waals surface area contributed by atoms with E-state index in [0.29, 0.717) is 16.6 Å². The molecule has 0 aliphatic carbocycles. The van der Waals surface area contributed by atoms with Gasteiger partial charge in [0.15, 0.2) is 0 Å². The van der Waals surface area contributed by atoms with E-state index in [9.17, 15) is 4.79 Å². The second-order valence-corrected chi connectivity index (χ2v) is 6.32. The van der Waals surface area contributed by atoms with Crippen LogP contribution in [0.3, 0.4) is 0 Å². The number of aromatic nitrogens is 2. The molecule has 1 amide bonds. The van der Waals surface area contributed by atoms with Crippen molar-refractivity contribution in [1.82, 2.24) is 20.0 Å². The summed E-state index contributed by atoms with van der Waals surface area (Å²) in [6.07, 6.45) is 1.60. The number of nitrogens with zero attached hydrogens (tertiary/aromatic N) is 4. The minimum atomic E-state index is 0.0121. The standard InChI is InChI=1S/C14H19N5OS/c1-3-18-6-7-19(8-9(18)2)14(20)12-11(15)10-4-5-16-17-13(10)21-12/h4-5,9H,3,6-8,15H2,1-2H3. The molecule has 1 atom stereocenters. The van der Waals surface area contributed by atoms with Crippen LogP contribution in [0.5, 0.6) is 0 Å². The van der Waals surface area contributed by atoms with E-state index in [1.165, 1.54) is 11.3 Å². The quantitative estimate of drug-likeness (QED) is 0.908. The fourth-order valence-corrected chi connectivity index (χ4v) is 3.83. The molecule has 1 saturated heterocycles. The van der Waals surface area contributed by atoms with Crippen molar-refractivity contribution in [3.8, 4) is 0 Å². The van der Waals surface area contributed by atoms with Crippen LogP contribution < -0.4 is 5.73 Å². The monoisotopic (exact) mass is 305 g/mol. The van der Waals surface area contributed by atoms with Crippen LogP contribution in [0.15, 0.2) is 12.3 Å². The number of carbonyl (C=O) groups excluding carboxylic acids is 1. The van der Waals surface area contributed by atoms with Crippen molar-refractivity contribution >= 4 is 33.1 Å². The summed E-state index contributed by atoms with van der Waals surface area (Å²) in [5, 5.41) is 8.70. The molecule has 0 saturated carbocycles. The Bertz CT molecular complexity index is 670. The molecule has 7 heteroatoms. The van der Waals surface area contributed by atoms with Gasteiger partial charge < -0.3 is 10.6 Å². The zero-order valence-electron chi connectivity index (χ0n) is 12.2. The largest absolute Gasteiger partial charge is 0.397 e. The Morgan fingerprint density at radius 3 is 3.00 bits per heavy atom. The van der Waals surface area contributed by atoms with Crippen LogP contribution in [-0.2, 0) is 0 Å². The van der Waals surface area contributed by atoms with E-state index >= 15 is 0 Å². The highest BCUT2D eigenvalue weighted by atomic mass is 32.1. The van der Waals surface area contributed by atoms with Crippen molar-refractivity contribution in [2.24, 2.45) is 0 Å². The molecule has 112 valence electrons. The zero-order chi connectivity index (χ0) is 15.0. The average molecular weight is 305 g/mol. The van der Waals surface area contributed by atoms with Crippen LogP contribution in [0.25, 0.3) is 10.2 Å². The summed E-state index contributed by atoms with van der Waals surface area (Å²) in [6, 6.07) is 2.19. The Labute approximate surface area is 127 Å². The Hall–Kier alpha value is -1.73. The third-order valence-corrected chi connectivity index (χ3v) is 5.17. The van der Waals surface area contributed by atoms with Crippen LogP contribution in [0.4, 0.5) is 5.69 Å². The van der Waals surface area contributed by atoms with Crippen molar-refractivity contribution in [3.63, 3.8) is 0 Å². The molecule has 21 heavy (non-hydrogen) atoms. The summed E-state index contributed by atoms with van der Waals surface area (Å²) in [5.41, 5.74) is 6.65. The molecule has 3 heterocycles. The fourth-order valence-electron chi connectivity index (χ4n) is 2.83. The molecule has 0 radical (unpaired) electrons. The molecule has 6 nitrogen and oxygen atoms in total. The number of hydrogen-bond donors (Lipinski definition) is 1. The van der Waals surface area contributed by atoms with Gasteiger partial charge in [-0.1, -0.05) is 6.92 Å². The number of rotatable bonds is 2. The Balaban J connectivity index is 1.86. The summed E-state index contributed by atoms with van der Waals surface area (Å²) >= 11 is 1.33. The van der Waals surface area contributed by atoms with Crippen LogP contribution in [0, 0.1) is 0 Å². The van der Waals surface area contributed by atoms with E-state index in [0.717, 1.165) is 36.4 Å². The fraction of sp³-hybridized carbons (Fsp3) is 0.500. The lowest BCUT2D eigenvalue weighted by Crippen LogP contribution is -2.53. The Kier molecular flexibility index (Phi) is 3.77. The first-order valence-electron chi connectivity index (χ1n) is 7.14. The van der Waals surface area contributed by atoms with Gasteiger partial charge in [-0.15, -0.1) is 16.4 Å². The number of anilines is 1. The highest BCUT2D eigenvalue weighted by Gasteiger charge is 2.28. The molecule has 2 aromatic heterocycles. The highest BCUT2D eigenvalue weighted by molar-refractivity contribution is 7.21. The van der Waals surface area contributed by atoms with E-state index in [1.807, 2.05) is 11.0 Å². The van der Waals surface area contributed by atoms with Crippen LogP contribution >= 0.6 is 11.3 Å². The molecule has 2 N–H and O–H groups in total. The Morgan fingerprint density at radius 1 is 1.52 bits per heavy atom. The van der Waals surface area contributed by atoms with Crippen molar-refractivity contribution in [1.29, 1.82) is 0 Å². The van der Waals surface area contributed by atoms with Gasteiger partial charge in [0.25, 0.3) is 5.91 Å². The van der Waals surface area contributed by atoms with Crippen molar-refractivity contribution in [2.45, 2.75) is 19.9 Å². The van der Waals surface area contributed by atoms with Crippen LogP contribution in [-0.4, -0.2) is 58.1 Å². The van der Waals surface area contributed by atoms with Crippen molar-refractivity contribution in [3.05, 3.63) is 17.1 Å². The van der Waals surface area contributed by atoms with Gasteiger partial charge in [0.05, 0.1) is 11.9 Å². The van der Waals surface area contributed by atoms with Gasteiger partial charge in [-0.25, -0.2) is 0 Å². The molecule has 0 spiro atoms. The molecule has 2 aromatic rings. The van der Waals surface area contributed by atoms with Crippen molar-refractivity contribution < 1.29 is 4.79 Å². The second-order valence-electron chi connectivity index (χ2n) is 5.32. The summed E-state index contributed by atoms with van der Waals surface area (Å²) in [4.78, 5) is 18.3. The lowest BCUT2D eigenvalue weighted by molar-refractivity contribution is 0.0533. The van der Waals surface area contributed by atoms with E-state index in [-0.39, 0.29) is 5.91 Å². The predicted molar refractivity (Wildman–Crippen MR) is 84.4 cm³/mol. The van der Waals surface area contributed by atoms with E-state index in [1.54, 1.807) is 6.20 Å². The van der Waals surface area contributed by atoms with Crippen LogP contribution in [0.2, 0.25) is 0 Å². The van der Waals surface area contributed by atoms with E-state index in [4.69, 9.17) is 5.73 Å². The number of piperazine rings is 1. The normalized spacial score (nSPS) is 20.1. The first-order chi connectivity index (χ1) is 10.1. The number of amides is 1. The topological polar surface area (TPSA) is 75.3 Å². The lowest BCUT2D eigenvalue weighted by Gasteiger charge is -2.39. The summed E-state index contributed by atoms with van der Waals surface area (Å²) in [6.45, 7) is 7.72. The third-order valence-electron chi connectivity index (χ3n) is 4.07. The SMILES string of the molecule is CCN1CCN(C(=O)c2sc3nnccc3c2N)CC1C. The number of hydrogen-bond acceptors (Lipinski definition) is 6. The molecule has 1 unspecified atom stereocenters.